The van der Waals surface area contributed by atoms with Crippen LogP contribution in [0.2, 0.25) is 0 Å². The zero-order valence-corrected chi connectivity index (χ0v) is 17.4. The zero-order chi connectivity index (χ0) is 20.1. The minimum Gasteiger partial charge on any atom is -0.497 e. The minimum absolute atomic E-state index is 0.158. The SMILES string of the molecule is COc1ccc(-n2cnnc2SCC(=O)NC2CCCN(S(C)(=O)=O)C2)cc1. The maximum Gasteiger partial charge on any atom is 0.230 e. The second kappa shape index (κ2) is 8.93. The summed E-state index contributed by atoms with van der Waals surface area (Å²) < 4.78 is 31.8. The van der Waals surface area contributed by atoms with Crippen molar-refractivity contribution in [2.75, 3.05) is 32.2 Å². The second-order valence-electron chi connectivity index (χ2n) is 6.50. The van der Waals surface area contributed by atoms with Crippen LogP contribution in [0.25, 0.3) is 5.69 Å². The lowest BCUT2D eigenvalue weighted by atomic mass is 10.1. The molecule has 11 heteroatoms. The molecule has 3 rings (SSSR count). The Bertz CT molecular complexity index is 914. The van der Waals surface area contributed by atoms with E-state index in [1.165, 1.54) is 22.3 Å². The first-order chi connectivity index (χ1) is 13.4. The standard InChI is InChI=1S/C17H23N5O4S2/c1-26-15-7-5-14(6-8-15)22-12-18-20-17(22)27-11-16(23)19-13-4-3-9-21(10-13)28(2,24)25/h5-8,12-13H,3-4,9-11H2,1-2H3,(H,19,23). The predicted molar refractivity (Wildman–Crippen MR) is 106 cm³/mol. The Balaban J connectivity index is 1.56. The average Bonchev–Trinajstić information content (AvgIpc) is 3.14. The average molecular weight is 426 g/mol. The number of hydrogen-bond donors (Lipinski definition) is 1. The number of carbonyl (C=O) groups is 1. The summed E-state index contributed by atoms with van der Waals surface area (Å²) >= 11 is 1.28. The van der Waals surface area contributed by atoms with Gasteiger partial charge in [-0.15, -0.1) is 10.2 Å². The Labute approximate surface area is 168 Å². The van der Waals surface area contributed by atoms with Gasteiger partial charge in [-0.3, -0.25) is 9.36 Å². The highest BCUT2D eigenvalue weighted by Gasteiger charge is 2.26. The van der Waals surface area contributed by atoms with Crippen molar-refractivity contribution in [1.82, 2.24) is 24.4 Å². The summed E-state index contributed by atoms with van der Waals surface area (Å²) in [5.74, 6) is 0.764. The summed E-state index contributed by atoms with van der Waals surface area (Å²) in [6.45, 7) is 0.822. The van der Waals surface area contributed by atoms with Crippen molar-refractivity contribution in [3.63, 3.8) is 0 Å². The molecule has 0 bridgehead atoms. The van der Waals surface area contributed by atoms with Gasteiger partial charge in [-0.25, -0.2) is 12.7 Å². The lowest BCUT2D eigenvalue weighted by Crippen LogP contribution is -2.49. The van der Waals surface area contributed by atoms with Crippen LogP contribution in [0.1, 0.15) is 12.8 Å². The van der Waals surface area contributed by atoms with Crippen molar-refractivity contribution in [3.8, 4) is 11.4 Å². The van der Waals surface area contributed by atoms with Crippen LogP contribution in [-0.2, 0) is 14.8 Å². The number of thioether (sulfide) groups is 1. The van der Waals surface area contributed by atoms with Gasteiger partial charge in [0.2, 0.25) is 15.9 Å². The summed E-state index contributed by atoms with van der Waals surface area (Å²) in [4.78, 5) is 12.3. The highest BCUT2D eigenvalue weighted by atomic mass is 32.2. The molecule has 2 heterocycles. The Kier molecular flexibility index (Phi) is 6.57. The van der Waals surface area contributed by atoms with Gasteiger partial charge in [-0.05, 0) is 37.1 Å². The molecule has 2 aromatic rings. The molecule has 1 aromatic carbocycles. The van der Waals surface area contributed by atoms with E-state index in [0.29, 0.717) is 18.2 Å². The van der Waals surface area contributed by atoms with Gasteiger partial charge >= 0.3 is 0 Å². The van der Waals surface area contributed by atoms with Crippen molar-refractivity contribution >= 4 is 27.7 Å². The number of piperidine rings is 1. The number of nitrogens with one attached hydrogen (secondary N) is 1. The van der Waals surface area contributed by atoms with Crippen LogP contribution in [0.4, 0.5) is 0 Å². The number of carbonyl (C=O) groups excluding carboxylic acids is 1. The number of benzene rings is 1. The Morgan fingerprint density at radius 1 is 1.36 bits per heavy atom. The molecule has 1 atom stereocenters. The first-order valence-corrected chi connectivity index (χ1v) is 11.6. The molecular weight excluding hydrogens is 402 g/mol. The third-order valence-electron chi connectivity index (χ3n) is 4.42. The van der Waals surface area contributed by atoms with Crippen LogP contribution in [0, 0.1) is 0 Å². The molecule has 0 spiro atoms. The summed E-state index contributed by atoms with van der Waals surface area (Å²) in [6, 6.07) is 7.28. The fourth-order valence-electron chi connectivity index (χ4n) is 3.00. The van der Waals surface area contributed by atoms with Crippen LogP contribution in [0.3, 0.4) is 0 Å². The molecule has 1 saturated heterocycles. The monoisotopic (exact) mass is 425 g/mol. The molecule has 1 amide bonds. The predicted octanol–water partition coefficient (Wildman–Crippen LogP) is 0.908. The lowest BCUT2D eigenvalue weighted by molar-refractivity contribution is -0.119. The summed E-state index contributed by atoms with van der Waals surface area (Å²) in [6.07, 6.45) is 4.29. The van der Waals surface area contributed by atoms with Gasteiger partial charge in [0.25, 0.3) is 0 Å². The smallest absolute Gasteiger partial charge is 0.230 e. The fourth-order valence-corrected chi connectivity index (χ4v) is 4.66. The molecule has 0 saturated carbocycles. The Morgan fingerprint density at radius 3 is 2.79 bits per heavy atom. The van der Waals surface area contributed by atoms with E-state index in [4.69, 9.17) is 4.74 Å². The molecule has 1 N–H and O–H groups in total. The van der Waals surface area contributed by atoms with Crippen molar-refractivity contribution in [2.45, 2.75) is 24.0 Å². The fraction of sp³-hybridized carbons (Fsp3) is 0.471. The van der Waals surface area contributed by atoms with E-state index >= 15 is 0 Å². The normalized spacial score (nSPS) is 18.0. The Hall–Kier alpha value is -2.11. The molecule has 0 aliphatic carbocycles. The summed E-state index contributed by atoms with van der Waals surface area (Å²) in [7, 11) is -1.63. The van der Waals surface area contributed by atoms with E-state index in [0.717, 1.165) is 24.3 Å². The third-order valence-corrected chi connectivity index (χ3v) is 6.63. The number of aromatic nitrogens is 3. The van der Waals surface area contributed by atoms with E-state index in [-0.39, 0.29) is 17.7 Å². The number of sulfonamides is 1. The number of methoxy groups -OCH3 is 1. The number of rotatable bonds is 7. The number of hydrogen-bond acceptors (Lipinski definition) is 7. The van der Waals surface area contributed by atoms with Gasteiger partial charge in [0.05, 0.1) is 19.1 Å². The van der Waals surface area contributed by atoms with Crippen LogP contribution in [0.15, 0.2) is 35.7 Å². The number of amides is 1. The van der Waals surface area contributed by atoms with Crippen molar-refractivity contribution < 1.29 is 17.9 Å². The van der Waals surface area contributed by atoms with Crippen LogP contribution >= 0.6 is 11.8 Å². The molecule has 1 unspecified atom stereocenters. The quantitative estimate of drug-likeness (QED) is 0.657. The highest BCUT2D eigenvalue weighted by Crippen LogP contribution is 2.21. The zero-order valence-electron chi connectivity index (χ0n) is 15.7. The highest BCUT2D eigenvalue weighted by molar-refractivity contribution is 7.99. The molecule has 1 fully saturated rings. The topological polar surface area (TPSA) is 106 Å². The van der Waals surface area contributed by atoms with Gasteiger partial charge in [0.1, 0.15) is 12.1 Å². The van der Waals surface area contributed by atoms with E-state index in [1.807, 2.05) is 24.3 Å². The Morgan fingerprint density at radius 2 is 2.11 bits per heavy atom. The van der Waals surface area contributed by atoms with Crippen molar-refractivity contribution in [2.24, 2.45) is 0 Å². The first kappa shape index (κ1) is 20.6. The summed E-state index contributed by atoms with van der Waals surface area (Å²) in [5.41, 5.74) is 0.866. The molecular formula is C17H23N5O4S2. The van der Waals surface area contributed by atoms with Crippen LogP contribution in [0.5, 0.6) is 5.75 Å². The molecule has 1 aliphatic heterocycles. The van der Waals surface area contributed by atoms with E-state index in [2.05, 4.69) is 15.5 Å². The van der Waals surface area contributed by atoms with E-state index in [9.17, 15) is 13.2 Å². The molecule has 28 heavy (non-hydrogen) atoms. The summed E-state index contributed by atoms with van der Waals surface area (Å²) in [5, 5.41) is 11.5. The molecule has 0 radical (unpaired) electrons. The minimum atomic E-state index is -3.24. The van der Waals surface area contributed by atoms with E-state index in [1.54, 1.807) is 18.0 Å². The van der Waals surface area contributed by atoms with Gasteiger partial charge < -0.3 is 10.1 Å². The van der Waals surface area contributed by atoms with Crippen LogP contribution < -0.4 is 10.1 Å². The maximum absolute atomic E-state index is 12.3. The van der Waals surface area contributed by atoms with E-state index < -0.39 is 10.0 Å². The third kappa shape index (κ3) is 5.24. The van der Waals surface area contributed by atoms with Gasteiger partial charge in [0.15, 0.2) is 5.16 Å². The molecule has 9 nitrogen and oxygen atoms in total. The number of nitrogens with zero attached hydrogens (tertiary/aromatic N) is 4. The van der Waals surface area contributed by atoms with Crippen molar-refractivity contribution in [1.29, 1.82) is 0 Å². The second-order valence-corrected chi connectivity index (χ2v) is 9.42. The molecule has 1 aromatic heterocycles. The maximum atomic E-state index is 12.3. The molecule has 1 aliphatic rings. The van der Waals surface area contributed by atoms with Gasteiger partial charge in [-0.1, -0.05) is 11.8 Å². The largest absolute Gasteiger partial charge is 0.497 e. The van der Waals surface area contributed by atoms with Gasteiger partial charge in [-0.2, -0.15) is 0 Å². The van der Waals surface area contributed by atoms with Crippen LogP contribution in [-0.4, -0.2) is 71.6 Å². The first-order valence-electron chi connectivity index (χ1n) is 8.78. The van der Waals surface area contributed by atoms with Gasteiger partial charge in [0, 0.05) is 24.8 Å². The lowest BCUT2D eigenvalue weighted by Gasteiger charge is -2.31. The number of ether oxygens (including phenoxy) is 1. The molecule has 152 valence electrons. The van der Waals surface area contributed by atoms with Crippen molar-refractivity contribution in [3.05, 3.63) is 30.6 Å².